The van der Waals surface area contributed by atoms with Gasteiger partial charge in [0.2, 0.25) is 0 Å². The molecule has 1 heterocycles. The van der Waals surface area contributed by atoms with Gasteiger partial charge in [-0.2, -0.15) is 0 Å². The number of amides is 2. The van der Waals surface area contributed by atoms with Crippen LogP contribution in [-0.4, -0.2) is 17.6 Å². The lowest BCUT2D eigenvalue weighted by atomic mass is 10.1. The summed E-state index contributed by atoms with van der Waals surface area (Å²) >= 11 is 6.10. The van der Waals surface area contributed by atoms with E-state index in [2.05, 4.69) is 15.6 Å². The molecule has 2 N–H and O–H groups in total. The third-order valence-corrected chi connectivity index (χ3v) is 3.89. The lowest BCUT2D eigenvalue weighted by Crippen LogP contribution is -2.30. The Kier molecular flexibility index (Phi) is 4.74. The van der Waals surface area contributed by atoms with Crippen molar-refractivity contribution < 1.29 is 4.79 Å². The number of aromatic nitrogens is 1. The predicted molar refractivity (Wildman–Crippen MR) is 93.9 cm³/mol. The molecule has 0 saturated carbocycles. The van der Waals surface area contributed by atoms with Gasteiger partial charge in [0.15, 0.2) is 0 Å². The fourth-order valence-electron chi connectivity index (χ4n) is 2.38. The Morgan fingerprint density at radius 2 is 1.87 bits per heavy atom. The van der Waals surface area contributed by atoms with Gasteiger partial charge in [0.05, 0.1) is 11.2 Å². The summed E-state index contributed by atoms with van der Waals surface area (Å²) in [6.07, 6.45) is 2.39. The molecule has 0 aliphatic heterocycles. The summed E-state index contributed by atoms with van der Waals surface area (Å²) in [4.78, 5) is 16.4. The van der Waals surface area contributed by atoms with Crippen molar-refractivity contribution in [1.82, 2.24) is 10.3 Å². The number of rotatable bonds is 4. The van der Waals surface area contributed by atoms with Crippen molar-refractivity contribution >= 4 is 34.2 Å². The molecule has 0 bridgehead atoms. The summed E-state index contributed by atoms with van der Waals surface area (Å²) in [6, 6.07) is 16.9. The molecular formula is C18H16ClN3O. The van der Waals surface area contributed by atoms with Crippen molar-refractivity contribution in [2.24, 2.45) is 0 Å². The monoisotopic (exact) mass is 325 g/mol. The third-order valence-electron chi connectivity index (χ3n) is 3.52. The number of anilines is 1. The van der Waals surface area contributed by atoms with Crippen LogP contribution in [0.3, 0.4) is 0 Å². The van der Waals surface area contributed by atoms with Gasteiger partial charge in [-0.3, -0.25) is 4.98 Å². The van der Waals surface area contributed by atoms with Crippen LogP contribution >= 0.6 is 11.6 Å². The highest BCUT2D eigenvalue weighted by molar-refractivity contribution is 6.31. The molecule has 0 radical (unpaired) electrons. The zero-order valence-electron chi connectivity index (χ0n) is 12.4. The van der Waals surface area contributed by atoms with E-state index in [1.807, 2.05) is 54.6 Å². The van der Waals surface area contributed by atoms with E-state index in [4.69, 9.17) is 11.6 Å². The Labute approximate surface area is 139 Å². The molecular weight excluding hydrogens is 310 g/mol. The van der Waals surface area contributed by atoms with E-state index in [1.54, 1.807) is 6.20 Å². The molecule has 0 saturated heterocycles. The molecule has 2 amide bonds. The van der Waals surface area contributed by atoms with Crippen molar-refractivity contribution in [1.29, 1.82) is 0 Å². The molecule has 0 aliphatic carbocycles. The second kappa shape index (κ2) is 7.11. The lowest BCUT2D eigenvalue weighted by Gasteiger charge is -2.10. The summed E-state index contributed by atoms with van der Waals surface area (Å²) in [5.74, 6) is 0. The van der Waals surface area contributed by atoms with Gasteiger partial charge < -0.3 is 10.6 Å². The summed E-state index contributed by atoms with van der Waals surface area (Å²) in [5.41, 5.74) is 2.48. The number of para-hydroxylation sites is 1. The average molecular weight is 326 g/mol. The van der Waals surface area contributed by atoms with Crippen LogP contribution in [0.1, 0.15) is 5.56 Å². The van der Waals surface area contributed by atoms with Gasteiger partial charge in [-0.15, -0.1) is 0 Å². The van der Waals surface area contributed by atoms with Crippen molar-refractivity contribution in [3.05, 3.63) is 71.4 Å². The topological polar surface area (TPSA) is 54.0 Å². The van der Waals surface area contributed by atoms with Crippen LogP contribution in [0.5, 0.6) is 0 Å². The molecule has 4 nitrogen and oxygen atoms in total. The smallest absolute Gasteiger partial charge is 0.319 e. The molecule has 3 aromatic rings. The van der Waals surface area contributed by atoms with Gasteiger partial charge in [-0.1, -0.05) is 48.0 Å². The first-order valence-corrected chi connectivity index (χ1v) is 7.74. The SMILES string of the molecule is O=C(NCCc1ccccc1Cl)Nc1cccc2cccnc12. The van der Waals surface area contributed by atoms with Crippen LogP contribution in [-0.2, 0) is 6.42 Å². The van der Waals surface area contributed by atoms with E-state index < -0.39 is 0 Å². The fraction of sp³-hybridized carbons (Fsp3) is 0.111. The number of pyridine rings is 1. The second-order valence-corrected chi connectivity index (χ2v) is 5.51. The molecule has 116 valence electrons. The van der Waals surface area contributed by atoms with Gasteiger partial charge in [0.1, 0.15) is 0 Å². The van der Waals surface area contributed by atoms with Crippen LogP contribution in [0, 0.1) is 0 Å². The maximum Gasteiger partial charge on any atom is 0.319 e. The molecule has 0 aliphatic rings. The number of carbonyl (C=O) groups excluding carboxylic acids is 1. The number of fused-ring (bicyclic) bond motifs is 1. The maximum absolute atomic E-state index is 12.0. The number of hydrogen-bond donors (Lipinski definition) is 2. The quantitative estimate of drug-likeness (QED) is 0.753. The summed E-state index contributed by atoms with van der Waals surface area (Å²) in [7, 11) is 0. The number of hydrogen-bond acceptors (Lipinski definition) is 2. The van der Waals surface area contributed by atoms with E-state index in [0.717, 1.165) is 16.5 Å². The van der Waals surface area contributed by atoms with E-state index in [-0.39, 0.29) is 6.03 Å². The first kappa shape index (κ1) is 15.3. The molecule has 0 atom stereocenters. The second-order valence-electron chi connectivity index (χ2n) is 5.10. The van der Waals surface area contributed by atoms with Crippen molar-refractivity contribution in [3.8, 4) is 0 Å². The zero-order chi connectivity index (χ0) is 16.1. The minimum absolute atomic E-state index is 0.254. The standard InChI is InChI=1S/C18H16ClN3O/c19-15-8-2-1-5-13(15)10-12-21-18(23)22-16-9-3-6-14-7-4-11-20-17(14)16/h1-9,11H,10,12H2,(H2,21,22,23). The molecule has 5 heteroatoms. The van der Waals surface area contributed by atoms with Crippen LogP contribution in [0.25, 0.3) is 10.9 Å². The highest BCUT2D eigenvalue weighted by Crippen LogP contribution is 2.20. The summed E-state index contributed by atoms with van der Waals surface area (Å²) in [5, 5.41) is 7.38. The Hall–Kier alpha value is -2.59. The first-order chi connectivity index (χ1) is 11.2. The number of nitrogens with zero attached hydrogens (tertiary/aromatic N) is 1. The van der Waals surface area contributed by atoms with E-state index in [0.29, 0.717) is 23.7 Å². The van der Waals surface area contributed by atoms with Gasteiger partial charge in [-0.05, 0) is 30.2 Å². The van der Waals surface area contributed by atoms with Crippen LogP contribution in [0.15, 0.2) is 60.8 Å². The van der Waals surface area contributed by atoms with Gasteiger partial charge in [0.25, 0.3) is 0 Å². The molecule has 0 spiro atoms. The minimum Gasteiger partial charge on any atom is -0.338 e. The van der Waals surface area contributed by atoms with Crippen LogP contribution in [0.2, 0.25) is 5.02 Å². The normalized spacial score (nSPS) is 10.5. The summed E-state index contributed by atoms with van der Waals surface area (Å²) < 4.78 is 0. The molecule has 23 heavy (non-hydrogen) atoms. The largest absolute Gasteiger partial charge is 0.338 e. The number of benzene rings is 2. The summed E-state index contributed by atoms with van der Waals surface area (Å²) in [6.45, 7) is 0.508. The lowest BCUT2D eigenvalue weighted by molar-refractivity contribution is 0.252. The van der Waals surface area contributed by atoms with Crippen molar-refractivity contribution in [3.63, 3.8) is 0 Å². The first-order valence-electron chi connectivity index (χ1n) is 7.36. The fourth-order valence-corrected chi connectivity index (χ4v) is 2.61. The Balaban J connectivity index is 1.60. The third kappa shape index (κ3) is 3.79. The molecule has 3 rings (SSSR count). The highest BCUT2D eigenvalue weighted by Gasteiger charge is 2.06. The van der Waals surface area contributed by atoms with Gasteiger partial charge in [-0.25, -0.2) is 4.79 Å². The Morgan fingerprint density at radius 1 is 1.04 bits per heavy atom. The van der Waals surface area contributed by atoms with E-state index in [1.165, 1.54) is 0 Å². The molecule has 2 aromatic carbocycles. The molecule has 0 fully saturated rings. The molecule has 1 aromatic heterocycles. The number of urea groups is 1. The number of halogens is 1. The number of nitrogens with one attached hydrogen (secondary N) is 2. The van der Waals surface area contributed by atoms with E-state index in [9.17, 15) is 4.79 Å². The number of carbonyl (C=O) groups is 1. The van der Waals surface area contributed by atoms with Gasteiger partial charge >= 0.3 is 6.03 Å². The highest BCUT2D eigenvalue weighted by atomic mass is 35.5. The molecule has 0 unspecified atom stereocenters. The Bertz CT molecular complexity index is 830. The Morgan fingerprint density at radius 3 is 2.74 bits per heavy atom. The van der Waals surface area contributed by atoms with Crippen LogP contribution in [0.4, 0.5) is 10.5 Å². The predicted octanol–water partition coefficient (Wildman–Crippen LogP) is 4.25. The van der Waals surface area contributed by atoms with Crippen molar-refractivity contribution in [2.75, 3.05) is 11.9 Å². The van der Waals surface area contributed by atoms with Crippen molar-refractivity contribution in [2.45, 2.75) is 6.42 Å². The van der Waals surface area contributed by atoms with Crippen LogP contribution < -0.4 is 10.6 Å². The zero-order valence-corrected chi connectivity index (χ0v) is 13.2. The van der Waals surface area contributed by atoms with E-state index >= 15 is 0 Å². The van der Waals surface area contributed by atoms with Gasteiger partial charge in [0, 0.05) is 23.2 Å². The minimum atomic E-state index is -0.254. The average Bonchev–Trinajstić information content (AvgIpc) is 2.57. The maximum atomic E-state index is 12.0.